The summed E-state index contributed by atoms with van der Waals surface area (Å²) in [6.45, 7) is 0.739. The largest absolute Gasteiger partial charge is 0.495 e. The number of ether oxygens (including phenoxy) is 1. The van der Waals surface area contributed by atoms with Crippen LogP contribution in [0.2, 0.25) is 0 Å². The second-order valence-electron chi connectivity index (χ2n) is 4.09. The van der Waals surface area contributed by atoms with Crippen LogP contribution in [0.25, 0.3) is 0 Å². The highest BCUT2D eigenvalue weighted by atomic mass is 16.5. The van der Waals surface area contributed by atoms with Gasteiger partial charge in [-0.05, 0) is 38.2 Å². The van der Waals surface area contributed by atoms with Crippen LogP contribution in [0, 0.1) is 0 Å². The molecule has 13 heavy (non-hydrogen) atoms. The van der Waals surface area contributed by atoms with E-state index in [9.17, 15) is 5.11 Å². The van der Waals surface area contributed by atoms with E-state index >= 15 is 0 Å². The summed E-state index contributed by atoms with van der Waals surface area (Å²) in [6, 6.07) is 0.136. The van der Waals surface area contributed by atoms with Crippen molar-refractivity contribution in [3.8, 4) is 0 Å². The topological polar surface area (TPSA) is 55.5 Å². The summed E-state index contributed by atoms with van der Waals surface area (Å²) in [5.74, 6) is 0.770. The molecule has 2 unspecified atom stereocenters. The Kier molecular flexibility index (Phi) is 2.30. The third kappa shape index (κ3) is 1.71. The second kappa shape index (κ2) is 3.31. The highest BCUT2D eigenvalue weighted by molar-refractivity contribution is 5.15. The molecule has 0 saturated heterocycles. The summed E-state index contributed by atoms with van der Waals surface area (Å²) in [7, 11) is 0. The molecule has 3 heteroatoms. The normalized spacial score (nSPS) is 39.8. The lowest BCUT2D eigenvalue weighted by atomic mass is 9.97. The molecular weight excluding hydrogens is 166 g/mol. The molecule has 0 aromatic carbocycles. The Labute approximate surface area is 78.6 Å². The maximum absolute atomic E-state index is 10.2. The Morgan fingerprint density at radius 2 is 2.46 bits per heavy atom. The van der Waals surface area contributed by atoms with E-state index < -0.39 is 5.60 Å². The molecule has 0 bridgehead atoms. The first-order valence-corrected chi connectivity index (χ1v) is 5.02. The van der Waals surface area contributed by atoms with E-state index in [1.807, 2.05) is 6.08 Å². The average molecular weight is 183 g/mol. The van der Waals surface area contributed by atoms with E-state index in [0.29, 0.717) is 6.42 Å². The Hall–Kier alpha value is -0.540. The molecule has 3 nitrogen and oxygen atoms in total. The van der Waals surface area contributed by atoms with Crippen molar-refractivity contribution in [2.24, 2.45) is 5.73 Å². The van der Waals surface area contributed by atoms with Crippen molar-refractivity contribution in [3.63, 3.8) is 0 Å². The lowest BCUT2D eigenvalue weighted by Gasteiger charge is -2.28. The monoisotopic (exact) mass is 183 g/mol. The van der Waals surface area contributed by atoms with Gasteiger partial charge in [-0.1, -0.05) is 0 Å². The molecule has 1 aliphatic heterocycles. The minimum atomic E-state index is -0.750. The van der Waals surface area contributed by atoms with Gasteiger partial charge in [0.15, 0.2) is 0 Å². The van der Waals surface area contributed by atoms with Gasteiger partial charge in [-0.15, -0.1) is 0 Å². The molecule has 3 N–H and O–H groups in total. The standard InChI is InChI=1S/C10H17NO2/c11-8-4-5-10(12,7-8)9-3-1-2-6-13-9/h3,8,12H,1-2,4-7,11H2. The first kappa shape index (κ1) is 9.03. The lowest BCUT2D eigenvalue weighted by molar-refractivity contribution is 0.00861. The molecule has 1 fully saturated rings. The highest BCUT2D eigenvalue weighted by Gasteiger charge is 2.40. The Bertz CT molecular complexity index is 227. The van der Waals surface area contributed by atoms with Crippen LogP contribution in [0.15, 0.2) is 11.8 Å². The van der Waals surface area contributed by atoms with Gasteiger partial charge in [0.1, 0.15) is 11.4 Å². The van der Waals surface area contributed by atoms with E-state index in [1.165, 1.54) is 0 Å². The Balaban J connectivity index is 2.10. The van der Waals surface area contributed by atoms with Gasteiger partial charge in [0, 0.05) is 6.04 Å². The Morgan fingerprint density at radius 3 is 3.00 bits per heavy atom. The summed E-state index contributed by atoms with van der Waals surface area (Å²) in [5.41, 5.74) is 5.02. The predicted octanol–water partition coefficient (Wildman–Crippen LogP) is 0.923. The second-order valence-corrected chi connectivity index (χ2v) is 4.09. The first-order valence-electron chi connectivity index (χ1n) is 5.02. The maximum Gasteiger partial charge on any atom is 0.124 e. The van der Waals surface area contributed by atoms with Crippen molar-refractivity contribution in [3.05, 3.63) is 11.8 Å². The molecule has 2 aliphatic rings. The van der Waals surface area contributed by atoms with Crippen LogP contribution < -0.4 is 5.73 Å². The first-order chi connectivity index (χ1) is 6.21. The zero-order valence-corrected chi connectivity index (χ0v) is 7.83. The van der Waals surface area contributed by atoms with E-state index in [0.717, 1.165) is 38.0 Å². The molecule has 1 aliphatic carbocycles. The van der Waals surface area contributed by atoms with Crippen LogP contribution in [0.4, 0.5) is 0 Å². The minimum Gasteiger partial charge on any atom is -0.495 e. The fourth-order valence-electron chi connectivity index (χ4n) is 2.17. The quantitative estimate of drug-likeness (QED) is 0.635. The van der Waals surface area contributed by atoms with Crippen LogP contribution in [-0.2, 0) is 4.74 Å². The fourth-order valence-corrected chi connectivity index (χ4v) is 2.17. The smallest absolute Gasteiger partial charge is 0.124 e. The van der Waals surface area contributed by atoms with E-state index in [1.54, 1.807) is 0 Å². The van der Waals surface area contributed by atoms with Gasteiger partial charge in [-0.25, -0.2) is 0 Å². The molecule has 1 heterocycles. The molecule has 0 spiro atoms. The van der Waals surface area contributed by atoms with Gasteiger partial charge in [0.05, 0.1) is 6.61 Å². The molecule has 0 amide bonds. The molecule has 2 atom stereocenters. The third-order valence-corrected chi connectivity index (χ3v) is 2.92. The number of hydrogen-bond acceptors (Lipinski definition) is 3. The molecular formula is C10H17NO2. The predicted molar refractivity (Wildman–Crippen MR) is 50.0 cm³/mol. The number of aliphatic hydroxyl groups is 1. The molecule has 0 aromatic heterocycles. The summed E-state index contributed by atoms with van der Waals surface area (Å²) >= 11 is 0. The van der Waals surface area contributed by atoms with Gasteiger partial charge in [-0.3, -0.25) is 0 Å². The molecule has 2 rings (SSSR count). The summed E-state index contributed by atoms with van der Waals surface area (Å²) in [6.07, 6.45) is 6.40. The van der Waals surface area contributed by atoms with Crippen LogP contribution in [0.3, 0.4) is 0 Å². The highest BCUT2D eigenvalue weighted by Crippen LogP contribution is 2.37. The van der Waals surface area contributed by atoms with Crippen molar-refractivity contribution in [1.82, 2.24) is 0 Å². The fraction of sp³-hybridized carbons (Fsp3) is 0.800. The van der Waals surface area contributed by atoms with E-state index in [-0.39, 0.29) is 6.04 Å². The summed E-state index contributed by atoms with van der Waals surface area (Å²) < 4.78 is 5.47. The molecule has 0 radical (unpaired) electrons. The van der Waals surface area contributed by atoms with Gasteiger partial charge in [0.2, 0.25) is 0 Å². The van der Waals surface area contributed by atoms with Crippen molar-refractivity contribution < 1.29 is 9.84 Å². The van der Waals surface area contributed by atoms with E-state index in [4.69, 9.17) is 10.5 Å². The lowest BCUT2D eigenvalue weighted by Crippen LogP contribution is -2.32. The molecule has 0 aromatic rings. The van der Waals surface area contributed by atoms with Crippen molar-refractivity contribution in [2.45, 2.75) is 43.7 Å². The van der Waals surface area contributed by atoms with Gasteiger partial charge >= 0.3 is 0 Å². The zero-order chi connectivity index (χ0) is 9.31. The van der Waals surface area contributed by atoms with Crippen molar-refractivity contribution in [2.75, 3.05) is 6.61 Å². The van der Waals surface area contributed by atoms with Crippen LogP contribution in [-0.4, -0.2) is 23.4 Å². The SMILES string of the molecule is NC1CCC(O)(C2=CCCCO2)C1. The van der Waals surface area contributed by atoms with Crippen molar-refractivity contribution in [1.29, 1.82) is 0 Å². The number of allylic oxidation sites excluding steroid dienone is 1. The average Bonchev–Trinajstić information content (AvgIpc) is 2.49. The number of rotatable bonds is 1. The summed E-state index contributed by atoms with van der Waals surface area (Å²) in [5, 5.41) is 10.2. The van der Waals surface area contributed by atoms with Crippen LogP contribution >= 0.6 is 0 Å². The third-order valence-electron chi connectivity index (χ3n) is 2.92. The zero-order valence-electron chi connectivity index (χ0n) is 7.83. The van der Waals surface area contributed by atoms with Gasteiger partial charge in [0.25, 0.3) is 0 Å². The van der Waals surface area contributed by atoms with Crippen molar-refractivity contribution >= 4 is 0 Å². The molecule has 1 saturated carbocycles. The molecule has 74 valence electrons. The maximum atomic E-state index is 10.2. The van der Waals surface area contributed by atoms with Gasteiger partial charge < -0.3 is 15.6 Å². The number of hydrogen-bond donors (Lipinski definition) is 2. The summed E-state index contributed by atoms with van der Waals surface area (Å²) in [4.78, 5) is 0. The Morgan fingerprint density at radius 1 is 1.62 bits per heavy atom. The van der Waals surface area contributed by atoms with Gasteiger partial charge in [-0.2, -0.15) is 0 Å². The number of nitrogens with two attached hydrogens (primary N) is 1. The van der Waals surface area contributed by atoms with Crippen LogP contribution in [0.5, 0.6) is 0 Å². The minimum absolute atomic E-state index is 0.136. The van der Waals surface area contributed by atoms with E-state index in [2.05, 4.69) is 0 Å². The van der Waals surface area contributed by atoms with Crippen LogP contribution in [0.1, 0.15) is 32.1 Å².